The number of carbonyl (C=O) groups excluding carboxylic acids is 1. The summed E-state index contributed by atoms with van der Waals surface area (Å²) in [5.41, 5.74) is 4.56. The molecule has 0 saturated carbocycles. The number of fused-ring (bicyclic) bond motifs is 1. The zero-order valence-corrected chi connectivity index (χ0v) is 17.5. The number of piperidine rings is 1. The third-order valence-corrected chi connectivity index (χ3v) is 6.36. The molecule has 6 nitrogen and oxygen atoms in total. The highest BCUT2D eigenvalue weighted by Gasteiger charge is 2.28. The van der Waals surface area contributed by atoms with E-state index in [0.29, 0.717) is 0 Å². The van der Waals surface area contributed by atoms with Gasteiger partial charge >= 0.3 is 6.03 Å². The van der Waals surface area contributed by atoms with E-state index >= 15 is 0 Å². The Balaban J connectivity index is 1.20. The van der Waals surface area contributed by atoms with Crippen LogP contribution in [0.4, 0.5) is 4.79 Å². The third-order valence-electron chi connectivity index (χ3n) is 6.36. The minimum Gasteiger partial charge on any atom is -0.490 e. The Kier molecular flexibility index (Phi) is 5.07. The van der Waals surface area contributed by atoms with Crippen molar-refractivity contribution >= 4 is 11.5 Å². The summed E-state index contributed by atoms with van der Waals surface area (Å²) in [6, 6.07) is 14.8. The fourth-order valence-corrected chi connectivity index (χ4v) is 4.61. The topological polar surface area (TPSA) is 50.1 Å². The molecule has 30 heavy (non-hydrogen) atoms. The van der Waals surface area contributed by atoms with Gasteiger partial charge in [-0.1, -0.05) is 18.2 Å². The summed E-state index contributed by atoms with van der Waals surface area (Å²) in [5, 5.41) is 4.40. The average molecular weight is 405 g/mol. The quantitative estimate of drug-likeness (QED) is 0.651. The predicted octanol–water partition coefficient (Wildman–Crippen LogP) is 4.37. The van der Waals surface area contributed by atoms with Gasteiger partial charge in [0.1, 0.15) is 11.9 Å². The fraction of sp³-hybridized carbons (Fsp3) is 0.417. The molecule has 2 aliphatic rings. The second-order valence-corrected chi connectivity index (χ2v) is 8.31. The monoisotopic (exact) mass is 404 g/mol. The fourth-order valence-electron chi connectivity index (χ4n) is 4.61. The van der Waals surface area contributed by atoms with Crippen LogP contribution in [0.3, 0.4) is 0 Å². The minimum absolute atomic E-state index is 0.167. The van der Waals surface area contributed by atoms with E-state index in [1.165, 1.54) is 5.56 Å². The molecule has 156 valence electrons. The van der Waals surface area contributed by atoms with Crippen molar-refractivity contribution in [2.75, 3.05) is 26.2 Å². The molecule has 2 saturated heterocycles. The lowest BCUT2D eigenvalue weighted by atomic mass is 10.0. The number of aryl methyl sites for hydroxylation is 1. The van der Waals surface area contributed by atoms with Gasteiger partial charge in [-0.05, 0) is 49.6 Å². The first-order valence-corrected chi connectivity index (χ1v) is 10.9. The molecule has 2 aromatic heterocycles. The van der Waals surface area contributed by atoms with Crippen LogP contribution in [0.1, 0.15) is 31.4 Å². The number of hydrogen-bond donors (Lipinski definition) is 0. The number of carbonyl (C=O) groups is 1. The van der Waals surface area contributed by atoms with Gasteiger partial charge in [-0.2, -0.15) is 5.10 Å². The molecule has 1 aromatic carbocycles. The molecule has 2 amide bonds. The number of hydrogen-bond acceptors (Lipinski definition) is 3. The molecular formula is C24H28N4O2. The van der Waals surface area contributed by atoms with Crippen molar-refractivity contribution in [1.29, 1.82) is 0 Å². The van der Waals surface area contributed by atoms with Crippen LogP contribution in [-0.4, -0.2) is 57.7 Å². The van der Waals surface area contributed by atoms with Gasteiger partial charge in [0.05, 0.1) is 5.52 Å². The first kappa shape index (κ1) is 19.0. The smallest absolute Gasteiger partial charge is 0.320 e. The third kappa shape index (κ3) is 3.62. The van der Waals surface area contributed by atoms with Gasteiger partial charge in [0, 0.05) is 56.5 Å². The summed E-state index contributed by atoms with van der Waals surface area (Å²) < 4.78 is 8.19. The Morgan fingerprint density at radius 2 is 1.63 bits per heavy atom. The van der Waals surface area contributed by atoms with Crippen molar-refractivity contribution in [2.45, 2.75) is 38.7 Å². The van der Waals surface area contributed by atoms with Crippen molar-refractivity contribution in [1.82, 2.24) is 19.4 Å². The molecule has 5 rings (SSSR count). The molecule has 0 unspecified atom stereocenters. The molecule has 2 fully saturated rings. The van der Waals surface area contributed by atoms with Crippen molar-refractivity contribution in [3.8, 4) is 16.9 Å². The Morgan fingerprint density at radius 3 is 2.37 bits per heavy atom. The summed E-state index contributed by atoms with van der Waals surface area (Å²) in [7, 11) is 0. The highest BCUT2D eigenvalue weighted by Crippen LogP contribution is 2.27. The van der Waals surface area contributed by atoms with E-state index in [-0.39, 0.29) is 12.1 Å². The summed E-state index contributed by atoms with van der Waals surface area (Å²) in [4.78, 5) is 16.5. The average Bonchev–Trinajstić information content (AvgIpc) is 3.47. The normalized spacial score (nSPS) is 17.6. The maximum Gasteiger partial charge on any atom is 0.320 e. The molecule has 3 aromatic rings. The van der Waals surface area contributed by atoms with Crippen molar-refractivity contribution < 1.29 is 9.53 Å². The summed E-state index contributed by atoms with van der Waals surface area (Å²) in [5.74, 6) is 0.890. The Labute approximate surface area is 177 Å². The van der Waals surface area contributed by atoms with Gasteiger partial charge in [-0.25, -0.2) is 9.31 Å². The lowest BCUT2D eigenvalue weighted by molar-refractivity contribution is 0.0982. The molecule has 0 radical (unpaired) electrons. The van der Waals surface area contributed by atoms with Crippen LogP contribution in [0, 0.1) is 6.92 Å². The van der Waals surface area contributed by atoms with Crippen LogP contribution in [0.5, 0.6) is 5.75 Å². The van der Waals surface area contributed by atoms with Gasteiger partial charge in [0.15, 0.2) is 0 Å². The van der Waals surface area contributed by atoms with Crippen LogP contribution < -0.4 is 4.74 Å². The van der Waals surface area contributed by atoms with E-state index < -0.39 is 0 Å². The Bertz CT molecular complexity index is 1030. The molecule has 0 bridgehead atoms. The van der Waals surface area contributed by atoms with Crippen molar-refractivity contribution in [2.24, 2.45) is 0 Å². The predicted molar refractivity (Wildman–Crippen MR) is 117 cm³/mol. The summed E-state index contributed by atoms with van der Waals surface area (Å²) in [6.07, 6.45) is 6.04. The maximum absolute atomic E-state index is 12.5. The van der Waals surface area contributed by atoms with E-state index in [0.717, 1.165) is 74.4 Å². The van der Waals surface area contributed by atoms with E-state index in [2.05, 4.69) is 36.3 Å². The zero-order valence-electron chi connectivity index (χ0n) is 17.5. The minimum atomic E-state index is 0.167. The van der Waals surface area contributed by atoms with Gasteiger partial charge in [-0.3, -0.25) is 0 Å². The number of urea groups is 1. The van der Waals surface area contributed by atoms with Gasteiger partial charge < -0.3 is 14.5 Å². The van der Waals surface area contributed by atoms with Crippen LogP contribution in [0.15, 0.2) is 48.7 Å². The molecule has 0 aliphatic carbocycles. The van der Waals surface area contributed by atoms with E-state index in [1.54, 1.807) is 0 Å². The molecule has 4 heterocycles. The summed E-state index contributed by atoms with van der Waals surface area (Å²) >= 11 is 0. The zero-order chi connectivity index (χ0) is 20.5. The van der Waals surface area contributed by atoms with Gasteiger partial charge in [0.2, 0.25) is 0 Å². The molecule has 2 aliphatic heterocycles. The largest absolute Gasteiger partial charge is 0.490 e. The lowest BCUT2D eigenvalue weighted by Gasteiger charge is -2.34. The molecular weight excluding hydrogens is 376 g/mol. The number of aromatic nitrogens is 2. The molecule has 6 heteroatoms. The molecule has 0 N–H and O–H groups in total. The molecule has 0 spiro atoms. The number of rotatable bonds is 3. The second-order valence-electron chi connectivity index (χ2n) is 8.31. The van der Waals surface area contributed by atoms with Crippen molar-refractivity contribution in [3.05, 3.63) is 54.4 Å². The van der Waals surface area contributed by atoms with Gasteiger partial charge in [0.25, 0.3) is 0 Å². The van der Waals surface area contributed by atoms with Crippen LogP contribution in [-0.2, 0) is 0 Å². The van der Waals surface area contributed by atoms with E-state index in [1.807, 2.05) is 38.7 Å². The van der Waals surface area contributed by atoms with Gasteiger partial charge in [-0.15, -0.1) is 0 Å². The SMILES string of the molecule is Cc1c(-c2ccc(OC3CCN(C(=O)N4CCCC4)CC3)cc2)ccc2ccnn12. The Morgan fingerprint density at radius 1 is 0.933 bits per heavy atom. The van der Waals surface area contributed by atoms with Crippen molar-refractivity contribution in [3.63, 3.8) is 0 Å². The Hall–Kier alpha value is -3.02. The first-order valence-electron chi connectivity index (χ1n) is 10.9. The first-order chi connectivity index (χ1) is 14.7. The van der Waals surface area contributed by atoms with E-state index in [9.17, 15) is 4.79 Å². The summed E-state index contributed by atoms with van der Waals surface area (Å²) in [6.45, 7) is 5.47. The number of ether oxygens (including phenoxy) is 1. The maximum atomic E-state index is 12.5. The second kappa shape index (κ2) is 8.01. The number of likely N-dealkylation sites (tertiary alicyclic amines) is 2. The lowest BCUT2D eigenvalue weighted by Crippen LogP contribution is -2.47. The highest BCUT2D eigenvalue weighted by atomic mass is 16.5. The van der Waals surface area contributed by atoms with Crippen LogP contribution in [0.25, 0.3) is 16.6 Å². The number of amides is 2. The van der Waals surface area contributed by atoms with Crippen LogP contribution >= 0.6 is 0 Å². The molecule has 0 atom stereocenters. The standard InChI is InChI=1S/C24H28N4O2/c1-18-23(9-6-20-10-13-25-28(18)20)19-4-7-21(8-5-19)30-22-11-16-27(17-12-22)24(29)26-14-2-3-15-26/h4-10,13,22H,2-3,11-12,14-17H2,1H3. The van der Waals surface area contributed by atoms with Crippen LogP contribution in [0.2, 0.25) is 0 Å². The van der Waals surface area contributed by atoms with E-state index in [4.69, 9.17) is 4.74 Å². The highest BCUT2D eigenvalue weighted by molar-refractivity contribution is 5.74. The number of pyridine rings is 1. The number of benzene rings is 1. The number of nitrogens with zero attached hydrogens (tertiary/aromatic N) is 4.